The number of benzene rings is 2. The topological polar surface area (TPSA) is 43.8 Å². The van der Waals surface area contributed by atoms with E-state index >= 15 is 0 Å². The molecule has 4 nitrogen and oxygen atoms in total. The van der Waals surface area contributed by atoms with E-state index < -0.39 is 5.97 Å². The highest BCUT2D eigenvalue weighted by atomic mass is 35.5. The smallest absolute Gasteiger partial charge is 0.336 e. The van der Waals surface area contributed by atoms with E-state index in [0.29, 0.717) is 23.4 Å². The molecule has 2 fully saturated rings. The van der Waals surface area contributed by atoms with Crippen molar-refractivity contribution in [1.29, 1.82) is 0 Å². The maximum absolute atomic E-state index is 11.5. The molecule has 0 aromatic heterocycles. The maximum Gasteiger partial charge on any atom is 0.336 e. The third-order valence-corrected chi connectivity index (χ3v) is 6.12. The normalized spacial score (nSPS) is 24.3. The van der Waals surface area contributed by atoms with Gasteiger partial charge in [-0.1, -0.05) is 42.5 Å². The molecular weight excluding hydrogens is 395 g/mol. The zero-order valence-electron chi connectivity index (χ0n) is 16.2. The van der Waals surface area contributed by atoms with Gasteiger partial charge in [0.15, 0.2) is 0 Å². The number of hydrogen-bond acceptors (Lipinski definition) is 3. The minimum Gasteiger partial charge on any atom is -0.478 e. The molecule has 3 atom stereocenters. The summed E-state index contributed by atoms with van der Waals surface area (Å²) in [6, 6.07) is 16.6. The molecule has 2 aromatic rings. The van der Waals surface area contributed by atoms with Crippen LogP contribution in [0.25, 0.3) is 0 Å². The van der Waals surface area contributed by atoms with Crippen molar-refractivity contribution in [3.63, 3.8) is 0 Å². The second kappa shape index (κ2) is 9.27. The number of carbonyl (C=O) groups is 1. The van der Waals surface area contributed by atoms with Crippen molar-refractivity contribution < 1.29 is 9.90 Å². The average molecular weight is 423 g/mol. The van der Waals surface area contributed by atoms with Crippen molar-refractivity contribution in [2.75, 3.05) is 26.7 Å². The molecule has 0 unspecified atom stereocenters. The summed E-state index contributed by atoms with van der Waals surface area (Å²) in [4.78, 5) is 16.4. The molecule has 0 aliphatic carbocycles. The Kier molecular flexibility index (Phi) is 7.52. The molecule has 2 aliphatic heterocycles. The third kappa shape index (κ3) is 4.20. The van der Waals surface area contributed by atoms with Crippen LogP contribution in [0.5, 0.6) is 0 Å². The van der Waals surface area contributed by atoms with Crippen LogP contribution < -0.4 is 0 Å². The van der Waals surface area contributed by atoms with Gasteiger partial charge in [-0.25, -0.2) is 4.79 Å². The predicted molar refractivity (Wildman–Crippen MR) is 117 cm³/mol. The van der Waals surface area contributed by atoms with Crippen LogP contribution in [0.2, 0.25) is 0 Å². The summed E-state index contributed by atoms with van der Waals surface area (Å²) in [6.45, 7) is 6.11. The van der Waals surface area contributed by atoms with E-state index in [2.05, 4.69) is 48.0 Å². The highest BCUT2D eigenvalue weighted by Gasteiger charge is 2.46. The Labute approximate surface area is 179 Å². The van der Waals surface area contributed by atoms with Gasteiger partial charge in [0.2, 0.25) is 0 Å². The van der Waals surface area contributed by atoms with Crippen molar-refractivity contribution in [2.45, 2.75) is 19.5 Å². The zero-order valence-corrected chi connectivity index (χ0v) is 17.9. The fourth-order valence-electron chi connectivity index (χ4n) is 4.97. The molecule has 152 valence electrons. The minimum absolute atomic E-state index is 0. The molecule has 0 bridgehead atoms. The van der Waals surface area contributed by atoms with Crippen molar-refractivity contribution in [2.24, 2.45) is 11.8 Å². The number of aromatic carboxylic acids is 1. The summed E-state index contributed by atoms with van der Waals surface area (Å²) in [5, 5.41) is 9.43. The van der Waals surface area contributed by atoms with Crippen LogP contribution in [0.1, 0.15) is 33.1 Å². The SMILES string of the molecule is Cc1ccccc1[C@H]1[C@@H]2CN(Cc3ccccc3C(=O)O)C[C@@H]2CN1C.Cl.Cl. The zero-order chi connectivity index (χ0) is 18.3. The average Bonchev–Trinajstić information content (AvgIpc) is 3.12. The highest BCUT2D eigenvalue weighted by Crippen LogP contribution is 2.45. The largest absolute Gasteiger partial charge is 0.478 e. The van der Waals surface area contributed by atoms with Gasteiger partial charge in [-0.3, -0.25) is 9.80 Å². The first-order valence-electron chi connectivity index (χ1n) is 9.34. The van der Waals surface area contributed by atoms with Crippen molar-refractivity contribution in [1.82, 2.24) is 9.80 Å². The number of carboxylic acid groups (broad SMARTS) is 1. The second-order valence-corrected chi connectivity index (χ2v) is 7.82. The van der Waals surface area contributed by atoms with Gasteiger partial charge in [0.1, 0.15) is 0 Å². The summed E-state index contributed by atoms with van der Waals surface area (Å²) < 4.78 is 0. The molecule has 2 aromatic carbocycles. The number of hydrogen-bond donors (Lipinski definition) is 1. The van der Waals surface area contributed by atoms with Crippen LogP contribution in [-0.4, -0.2) is 47.6 Å². The molecular formula is C22H28Cl2N2O2. The van der Waals surface area contributed by atoms with Crippen LogP contribution >= 0.6 is 24.8 Å². The molecule has 4 rings (SSSR count). The molecule has 0 radical (unpaired) electrons. The molecule has 2 saturated heterocycles. The number of fused-ring (bicyclic) bond motifs is 1. The number of aryl methyl sites for hydroxylation is 1. The molecule has 6 heteroatoms. The lowest BCUT2D eigenvalue weighted by molar-refractivity contribution is 0.0694. The molecule has 2 heterocycles. The third-order valence-electron chi connectivity index (χ3n) is 6.12. The summed E-state index contributed by atoms with van der Waals surface area (Å²) in [6.07, 6.45) is 0. The Hall–Kier alpha value is -1.59. The quantitative estimate of drug-likeness (QED) is 0.798. The Bertz CT molecular complexity index is 830. The first-order chi connectivity index (χ1) is 12.5. The van der Waals surface area contributed by atoms with Gasteiger partial charge >= 0.3 is 5.97 Å². The maximum atomic E-state index is 11.5. The fourth-order valence-corrected chi connectivity index (χ4v) is 4.97. The standard InChI is InChI=1S/C22H26N2O2.2ClH/c1-15-7-3-5-9-18(15)21-20-14-24(13-17(20)11-23(21)2)12-16-8-4-6-10-19(16)22(25)26;;/h3-10,17,20-21H,11-14H2,1-2H3,(H,25,26);2*1H/t17-,20+,21-;;/m0../s1. The monoisotopic (exact) mass is 422 g/mol. The van der Waals surface area contributed by atoms with Crippen LogP contribution in [0.4, 0.5) is 0 Å². The van der Waals surface area contributed by atoms with Crippen molar-refractivity contribution >= 4 is 30.8 Å². The number of carboxylic acids is 1. The Morgan fingerprint density at radius 1 is 1.04 bits per heavy atom. The number of halogens is 2. The lowest BCUT2D eigenvalue weighted by Crippen LogP contribution is -2.29. The van der Waals surface area contributed by atoms with Gasteiger partial charge in [-0.15, -0.1) is 24.8 Å². The van der Waals surface area contributed by atoms with Gasteiger partial charge in [-0.2, -0.15) is 0 Å². The van der Waals surface area contributed by atoms with Crippen LogP contribution in [-0.2, 0) is 6.54 Å². The Balaban J connectivity index is 0.00000140. The predicted octanol–water partition coefficient (Wildman–Crippen LogP) is 4.27. The van der Waals surface area contributed by atoms with Crippen LogP contribution in [0.3, 0.4) is 0 Å². The summed E-state index contributed by atoms with van der Waals surface area (Å²) in [7, 11) is 2.24. The van der Waals surface area contributed by atoms with Crippen molar-refractivity contribution in [3.05, 3.63) is 70.8 Å². The van der Waals surface area contributed by atoms with Gasteiger partial charge in [0.05, 0.1) is 5.56 Å². The van der Waals surface area contributed by atoms with E-state index in [4.69, 9.17) is 0 Å². The molecule has 1 N–H and O–H groups in total. The van der Waals surface area contributed by atoms with Gasteiger partial charge < -0.3 is 5.11 Å². The van der Waals surface area contributed by atoms with E-state index in [-0.39, 0.29) is 24.8 Å². The molecule has 28 heavy (non-hydrogen) atoms. The molecule has 0 saturated carbocycles. The molecule has 0 spiro atoms. The van der Waals surface area contributed by atoms with Crippen molar-refractivity contribution in [3.8, 4) is 0 Å². The number of likely N-dealkylation sites (tertiary alicyclic amines) is 2. The number of nitrogens with zero attached hydrogens (tertiary/aromatic N) is 2. The van der Waals surface area contributed by atoms with E-state index in [9.17, 15) is 9.90 Å². The Morgan fingerprint density at radius 2 is 1.71 bits per heavy atom. The lowest BCUT2D eigenvalue weighted by Gasteiger charge is -2.28. The highest BCUT2D eigenvalue weighted by molar-refractivity contribution is 5.89. The minimum atomic E-state index is -0.836. The van der Waals surface area contributed by atoms with Gasteiger partial charge in [0.25, 0.3) is 0 Å². The van der Waals surface area contributed by atoms with Crippen LogP contribution in [0, 0.1) is 18.8 Å². The van der Waals surface area contributed by atoms with E-state index in [0.717, 1.165) is 31.7 Å². The number of rotatable bonds is 4. The first-order valence-corrected chi connectivity index (χ1v) is 9.34. The summed E-state index contributed by atoms with van der Waals surface area (Å²) in [5.74, 6) is 0.428. The molecule has 2 aliphatic rings. The van der Waals surface area contributed by atoms with E-state index in [1.54, 1.807) is 12.1 Å². The first kappa shape index (κ1) is 22.7. The van der Waals surface area contributed by atoms with Crippen LogP contribution in [0.15, 0.2) is 48.5 Å². The second-order valence-electron chi connectivity index (χ2n) is 7.82. The lowest BCUT2D eigenvalue weighted by atomic mass is 9.88. The molecule has 0 amide bonds. The summed E-state index contributed by atoms with van der Waals surface area (Å²) in [5.41, 5.74) is 4.15. The van der Waals surface area contributed by atoms with Gasteiger partial charge in [0, 0.05) is 32.2 Å². The van der Waals surface area contributed by atoms with E-state index in [1.165, 1.54) is 11.1 Å². The summed E-state index contributed by atoms with van der Waals surface area (Å²) >= 11 is 0. The Morgan fingerprint density at radius 3 is 2.43 bits per heavy atom. The van der Waals surface area contributed by atoms with Gasteiger partial charge in [-0.05, 0) is 48.6 Å². The van der Waals surface area contributed by atoms with E-state index in [1.807, 2.05) is 12.1 Å². The fraction of sp³-hybridized carbons (Fsp3) is 0.409.